The van der Waals surface area contributed by atoms with Gasteiger partial charge in [-0.15, -0.1) is 0 Å². The van der Waals surface area contributed by atoms with Gasteiger partial charge in [-0.2, -0.15) is 13.2 Å². The van der Waals surface area contributed by atoms with Crippen LogP contribution in [0.1, 0.15) is 16.9 Å². The number of hydrogen-bond donors (Lipinski definition) is 1. The smallest absolute Gasteiger partial charge is 0.416 e. The molecule has 35 heavy (non-hydrogen) atoms. The van der Waals surface area contributed by atoms with Crippen LogP contribution in [0.2, 0.25) is 0 Å². The van der Waals surface area contributed by atoms with Gasteiger partial charge in [-0.25, -0.2) is 0 Å². The molecule has 12 heteroatoms. The molecule has 0 unspecified atom stereocenters. The molecule has 1 aromatic heterocycles. The van der Waals surface area contributed by atoms with E-state index in [0.29, 0.717) is 11.1 Å². The molecule has 1 fully saturated rings. The molecule has 8 nitrogen and oxygen atoms in total. The van der Waals surface area contributed by atoms with Crippen molar-refractivity contribution in [3.05, 3.63) is 87.2 Å². The van der Waals surface area contributed by atoms with Crippen LogP contribution < -0.4 is 10.2 Å². The summed E-state index contributed by atoms with van der Waals surface area (Å²) in [5.74, 6) is -1.47. The first-order chi connectivity index (χ1) is 16.5. The highest BCUT2D eigenvalue weighted by Crippen LogP contribution is 2.33. The van der Waals surface area contributed by atoms with Crippen LogP contribution in [-0.2, 0) is 15.8 Å². The Bertz CT molecular complexity index is 1430. The summed E-state index contributed by atoms with van der Waals surface area (Å²) in [5, 5.41) is 13.0. The Morgan fingerprint density at radius 1 is 1.11 bits per heavy atom. The van der Waals surface area contributed by atoms with Crippen LogP contribution in [0.4, 0.5) is 24.5 Å². The number of non-ortho nitro benzene ring substituents is 1. The third kappa shape index (κ3) is 4.68. The second-order valence-electron chi connectivity index (χ2n) is 7.46. The van der Waals surface area contributed by atoms with Crippen molar-refractivity contribution < 1.29 is 32.1 Å². The molecule has 0 aliphatic carbocycles. The first-order valence-electron chi connectivity index (χ1n) is 9.89. The van der Waals surface area contributed by atoms with Crippen LogP contribution in [0, 0.1) is 17.0 Å². The molecule has 2 amide bonds. The predicted molar refractivity (Wildman–Crippen MR) is 123 cm³/mol. The zero-order valence-corrected chi connectivity index (χ0v) is 18.6. The third-order valence-corrected chi connectivity index (χ3v) is 5.43. The van der Waals surface area contributed by atoms with E-state index in [2.05, 4.69) is 5.32 Å². The zero-order chi connectivity index (χ0) is 25.5. The van der Waals surface area contributed by atoms with Crippen LogP contribution in [-0.4, -0.2) is 21.9 Å². The number of nitrogens with one attached hydrogen (secondary N) is 1. The molecular formula is C23H14F3N3O5S. The molecule has 1 saturated heterocycles. The number of hydrogen-bond acceptors (Lipinski definition) is 6. The van der Waals surface area contributed by atoms with Gasteiger partial charge in [-0.05, 0) is 61.1 Å². The number of carbonyl (C=O) groups is 2. The number of aryl methyl sites for hydroxylation is 1. The van der Waals surface area contributed by atoms with Gasteiger partial charge in [0, 0.05) is 17.7 Å². The summed E-state index contributed by atoms with van der Waals surface area (Å²) in [6.45, 7) is 1.73. The lowest BCUT2D eigenvalue weighted by Gasteiger charge is -2.29. The van der Waals surface area contributed by atoms with Crippen LogP contribution >= 0.6 is 12.2 Å². The first-order valence-corrected chi connectivity index (χ1v) is 10.3. The van der Waals surface area contributed by atoms with Gasteiger partial charge in [0.25, 0.3) is 17.5 Å². The Kier molecular flexibility index (Phi) is 5.99. The standard InChI is InChI=1S/C23H14F3N3O5S/c1-12-5-6-15(29(32)33)10-17(12)19-8-7-16(34-19)11-18-20(30)27-22(35)28(21(18)31)14-4-2-3-13(9-14)23(24,25)26/h2-11H,1H3,(H,27,30,35)/b18-11+. The van der Waals surface area contributed by atoms with Crippen LogP contribution in [0.25, 0.3) is 17.4 Å². The molecule has 2 aromatic carbocycles. The Balaban J connectivity index is 1.70. The summed E-state index contributed by atoms with van der Waals surface area (Å²) in [6.07, 6.45) is -3.52. The fourth-order valence-electron chi connectivity index (χ4n) is 3.42. The highest BCUT2D eigenvalue weighted by atomic mass is 32.1. The molecule has 0 atom stereocenters. The minimum absolute atomic E-state index is 0.0706. The van der Waals surface area contributed by atoms with Gasteiger partial charge in [0.05, 0.1) is 16.2 Å². The fourth-order valence-corrected chi connectivity index (χ4v) is 3.70. The molecule has 0 spiro atoms. The molecule has 178 valence electrons. The number of carbonyl (C=O) groups excluding carboxylic acids is 2. The van der Waals surface area contributed by atoms with Crippen molar-refractivity contribution in [2.45, 2.75) is 13.1 Å². The lowest BCUT2D eigenvalue weighted by molar-refractivity contribution is -0.384. The van der Waals surface area contributed by atoms with E-state index < -0.39 is 34.1 Å². The van der Waals surface area contributed by atoms with Crippen molar-refractivity contribution in [1.29, 1.82) is 0 Å². The summed E-state index contributed by atoms with van der Waals surface area (Å²) < 4.78 is 45.1. The predicted octanol–water partition coefficient (Wildman–Crippen LogP) is 5.01. The molecule has 0 saturated carbocycles. The van der Waals surface area contributed by atoms with Crippen molar-refractivity contribution in [3.8, 4) is 11.3 Å². The topological polar surface area (TPSA) is 106 Å². The number of thiocarbonyl (C=S) groups is 1. The number of rotatable bonds is 4. The van der Waals surface area contributed by atoms with E-state index in [1.165, 1.54) is 30.3 Å². The average molecular weight is 501 g/mol. The fraction of sp³-hybridized carbons (Fsp3) is 0.0870. The summed E-state index contributed by atoms with van der Waals surface area (Å²) in [6, 6.07) is 11.2. The summed E-state index contributed by atoms with van der Waals surface area (Å²) in [4.78, 5) is 36.9. The second-order valence-corrected chi connectivity index (χ2v) is 7.85. The summed E-state index contributed by atoms with van der Waals surface area (Å²) >= 11 is 5.02. The SMILES string of the molecule is Cc1ccc([N+](=O)[O-])cc1-c1ccc(/C=C2\C(=O)NC(=S)N(c3cccc(C(F)(F)F)c3)C2=O)o1. The minimum Gasteiger partial charge on any atom is -0.457 e. The Hall–Kier alpha value is -4.32. The number of alkyl halides is 3. The molecule has 1 aliphatic rings. The molecule has 0 bridgehead atoms. The lowest BCUT2D eigenvalue weighted by Crippen LogP contribution is -2.54. The monoisotopic (exact) mass is 501 g/mol. The maximum Gasteiger partial charge on any atom is 0.416 e. The number of anilines is 1. The Morgan fingerprint density at radius 2 is 1.86 bits per heavy atom. The number of nitro benzene ring substituents is 1. The van der Waals surface area contributed by atoms with E-state index >= 15 is 0 Å². The quantitative estimate of drug-likeness (QED) is 0.177. The van der Waals surface area contributed by atoms with E-state index in [4.69, 9.17) is 16.6 Å². The van der Waals surface area contributed by atoms with E-state index in [9.17, 15) is 32.9 Å². The van der Waals surface area contributed by atoms with E-state index in [-0.39, 0.29) is 28.0 Å². The van der Waals surface area contributed by atoms with E-state index in [0.717, 1.165) is 29.2 Å². The van der Waals surface area contributed by atoms with Crippen LogP contribution in [0.5, 0.6) is 0 Å². The van der Waals surface area contributed by atoms with Crippen molar-refractivity contribution in [1.82, 2.24) is 5.32 Å². The third-order valence-electron chi connectivity index (χ3n) is 5.14. The van der Waals surface area contributed by atoms with E-state index in [1.807, 2.05) is 0 Å². The molecule has 3 aromatic rings. The summed E-state index contributed by atoms with van der Waals surface area (Å²) in [5.41, 5.74) is -0.600. The number of benzene rings is 2. The first kappa shape index (κ1) is 23.8. The number of halogens is 3. The lowest BCUT2D eigenvalue weighted by atomic mass is 10.1. The van der Waals surface area contributed by atoms with Crippen molar-refractivity contribution in [2.75, 3.05) is 4.90 Å². The second kappa shape index (κ2) is 8.80. The number of nitro groups is 1. The van der Waals surface area contributed by atoms with Gasteiger partial charge in [-0.1, -0.05) is 12.1 Å². The van der Waals surface area contributed by atoms with Crippen molar-refractivity contribution in [3.63, 3.8) is 0 Å². The highest BCUT2D eigenvalue weighted by molar-refractivity contribution is 7.80. The summed E-state index contributed by atoms with van der Waals surface area (Å²) in [7, 11) is 0. The molecule has 2 heterocycles. The van der Waals surface area contributed by atoms with Crippen molar-refractivity contribution >= 4 is 46.6 Å². The minimum atomic E-state index is -4.65. The van der Waals surface area contributed by atoms with Gasteiger partial charge in [0.2, 0.25) is 0 Å². The normalized spacial score (nSPS) is 15.5. The van der Waals surface area contributed by atoms with E-state index in [1.54, 1.807) is 13.0 Å². The molecular weight excluding hydrogens is 487 g/mol. The highest BCUT2D eigenvalue weighted by Gasteiger charge is 2.37. The molecule has 1 N–H and O–H groups in total. The number of furan rings is 1. The molecule has 0 radical (unpaired) electrons. The average Bonchev–Trinajstić information content (AvgIpc) is 3.25. The van der Waals surface area contributed by atoms with Crippen LogP contribution in [0.3, 0.4) is 0 Å². The van der Waals surface area contributed by atoms with Gasteiger partial charge in [0.1, 0.15) is 17.1 Å². The van der Waals surface area contributed by atoms with Crippen LogP contribution in [0.15, 0.2) is 64.6 Å². The zero-order valence-electron chi connectivity index (χ0n) is 17.8. The van der Waals surface area contributed by atoms with Gasteiger partial charge < -0.3 is 4.42 Å². The number of nitrogens with zero attached hydrogens (tertiary/aromatic N) is 2. The number of amides is 2. The maximum absolute atomic E-state index is 13.1. The maximum atomic E-state index is 13.1. The van der Waals surface area contributed by atoms with Gasteiger partial charge >= 0.3 is 6.18 Å². The molecule has 4 rings (SSSR count). The molecule has 1 aliphatic heterocycles. The van der Waals surface area contributed by atoms with Crippen molar-refractivity contribution in [2.24, 2.45) is 0 Å². The van der Waals surface area contributed by atoms with Gasteiger partial charge in [-0.3, -0.25) is 29.9 Å². The van der Waals surface area contributed by atoms with Gasteiger partial charge in [0.15, 0.2) is 5.11 Å². The Morgan fingerprint density at radius 3 is 2.54 bits per heavy atom. The largest absolute Gasteiger partial charge is 0.457 e. The Labute approximate surface area is 200 Å².